The fraction of sp³-hybridized carbons (Fsp3) is 0.469. The number of carbonyl (C=O) groups is 1. The summed E-state index contributed by atoms with van der Waals surface area (Å²) in [6, 6.07) is 10.5. The van der Waals surface area contributed by atoms with Gasteiger partial charge in [-0.2, -0.15) is 13.2 Å². The lowest BCUT2D eigenvalue weighted by Crippen LogP contribution is -2.41. The van der Waals surface area contributed by atoms with Gasteiger partial charge in [0.1, 0.15) is 5.75 Å². The molecule has 1 saturated carbocycles. The van der Waals surface area contributed by atoms with Crippen molar-refractivity contribution in [3.05, 3.63) is 70.5 Å². The van der Waals surface area contributed by atoms with Crippen LogP contribution in [0.5, 0.6) is 5.75 Å². The van der Waals surface area contributed by atoms with Crippen molar-refractivity contribution in [3.8, 4) is 5.75 Å². The highest BCUT2D eigenvalue weighted by Gasteiger charge is 2.35. The molecule has 3 aromatic rings. The maximum absolute atomic E-state index is 14.0. The number of halogens is 3. The molecule has 4 rings (SSSR count). The molecule has 10 nitrogen and oxygen atoms in total. The molecule has 0 unspecified atom stereocenters. The van der Waals surface area contributed by atoms with Gasteiger partial charge in [0.05, 0.1) is 36.0 Å². The van der Waals surface area contributed by atoms with Crippen molar-refractivity contribution in [2.45, 2.75) is 63.7 Å². The summed E-state index contributed by atoms with van der Waals surface area (Å²) in [6.45, 7) is 1.80. The van der Waals surface area contributed by atoms with E-state index in [0.29, 0.717) is 34.3 Å². The van der Waals surface area contributed by atoms with Gasteiger partial charge in [-0.3, -0.25) is 9.10 Å². The molecule has 2 N–H and O–H groups in total. The van der Waals surface area contributed by atoms with Crippen LogP contribution in [0, 0.1) is 6.92 Å². The Hall–Kier alpha value is -3.91. The summed E-state index contributed by atoms with van der Waals surface area (Å²) in [7, 11) is 3.35. The Bertz CT molecular complexity index is 1660. The number of ether oxygens (including phenoxy) is 1. The van der Waals surface area contributed by atoms with E-state index >= 15 is 0 Å². The second kappa shape index (κ2) is 14.2. The molecule has 1 heterocycles. The normalized spacial score (nSPS) is 17.1. The molecule has 250 valence electrons. The standard InChI is InChI=1S/C32H41F3N6O4S/c1-20-7-8-21(28(17-20)41(4)46(6,43)44)9-15-26-25(32(33,34)35)19-36-31(38-26)39-27-16-10-22(18-29(27)45-5)30(42)37-23-11-13-24(14-12-23)40(2)3/h7-8,10,16-19,23-24H,9,11-15H2,1-6H3,(H,37,42)(H,36,38,39). The number of aryl methyl sites for hydroxylation is 3. The summed E-state index contributed by atoms with van der Waals surface area (Å²) in [5.74, 6) is -0.0288. The minimum Gasteiger partial charge on any atom is -0.495 e. The van der Waals surface area contributed by atoms with Gasteiger partial charge in [-0.25, -0.2) is 18.4 Å². The third-order valence-electron chi connectivity index (χ3n) is 8.35. The van der Waals surface area contributed by atoms with Crippen molar-refractivity contribution in [1.29, 1.82) is 0 Å². The molecule has 0 spiro atoms. The van der Waals surface area contributed by atoms with Gasteiger partial charge < -0.3 is 20.3 Å². The average Bonchev–Trinajstić information content (AvgIpc) is 2.99. The Balaban J connectivity index is 1.53. The molecule has 0 radical (unpaired) electrons. The first-order chi connectivity index (χ1) is 21.6. The number of hydrogen-bond acceptors (Lipinski definition) is 8. The molecule has 1 amide bonds. The Morgan fingerprint density at radius 2 is 1.74 bits per heavy atom. The highest BCUT2D eigenvalue weighted by atomic mass is 32.2. The zero-order chi connectivity index (χ0) is 33.8. The molecular weight excluding hydrogens is 621 g/mol. The van der Waals surface area contributed by atoms with Crippen molar-refractivity contribution < 1.29 is 31.1 Å². The first-order valence-corrected chi connectivity index (χ1v) is 16.8. The highest BCUT2D eigenvalue weighted by Crippen LogP contribution is 2.34. The molecule has 0 bridgehead atoms. The number of alkyl halides is 3. The van der Waals surface area contributed by atoms with Crippen LogP contribution < -0.4 is 19.7 Å². The second-order valence-corrected chi connectivity index (χ2v) is 13.9. The number of amides is 1. The number of hydrogen-bond donors (Lipinski definition) is 2. The Labute approximate surface area is 268 Å². The monoisotopic (exact) mass is 662 g/mol. The van der Waals surface area contributed by atoms with Gasteiger partial charge in [-0.05, 0) is 94.9 Å². The van der Waals surface area contributed by atoms with Crippen LogP contribution in [0.3, 0.4) is 0 Å². The summed E-state index contributed by atoms with van der Waals surface area (Å²) in [5.41, 5.74) is 1.27. The molecular formula is C32H41F3N6O4S. The van der Waals surface area contributed by atoms with E-state index in [9.17, 15) is 26.4 Å². The largest absolute Gasteiger partial charge is 0.495 e. The lowest BCUT2D eigenvalue weighted by Gasteiger charge is -2.33. The molecule has 1 aromatic heterocycles. The van der Waals surface area contributed by atoms with E-state index in [4.69, 9.17) is 4.74 Å². The molecule has 0 aliphatic heterocycles. The van der Waals surface area contributed by atoms with Gasteiger partial charge in [0.15, 0.2) is 0 Å². The number of sulfonamides is 1. The van der Waals surface area contributed by atoms with Gasteiger partial charge in [-0.1, -0.05) is 12.1 Å². The predicted octanol–water partition coefficient (Wildman–Crippen LogP) is 5.34. The SMILES string of the molecule is COc1cc(C(=O)NC2CCC(N(C)C)CC2)ccc1Nc1ncc(C(F)(F)F)c(CCc2ccc(C)cc2N(C)S(C)(=O)=O)n1. The van der Waals surface area contributed by atoms with Gasteiger partial charge >= 0.3 is 6.18 Å². The maximum Gasteiger partial charge on any atom is 0.419 e. The van der Waals surface area contributed by atoms with E-state index in [1.807, 2.05) is 0 Å². The molecule has 1 aliphatic rings. The number of carbonyl (C=O) groups excluding carboxylic acids is 1. The van der Waals surface area contributed by atoms with Crippen LogP contribution in [-0.2, 0) is 29.0 Å². The lowest BCUT2D eigenvalue weighted by molar-refractivity contribution is -0.138. The number of nitrogens with zero attached hydrogens (tertiary/aromatic N) is 4. The molecule has 0 saturated heterocycles. The number of benzene rings is 2. The van der Waals surface area contributed by atoms with Crippen LogP contribution in [0.4, 0.5) is 30.5 Å². The summed E-state index contributed by atoms with van der Waals surface area (Å²) in [4.78, 5) is 23.3. The first kappa shape index (κ1) is 35.0. The molecule has 46 heavy (non-hydrogen) atoms. The number of methoxy groups -OCH3 is 1. The van der Waals surface area contributed by atoms with E-state index in [1.165, 1.54) is 14.2 Å². The fourth-order valence-electron chi connectivity index (χ4n) is 5.58. The number of rotatable bonds is 11. The lowest BCUT2D eigenvalue weighted by atomic mass is 9.90. The number of aromatic nitrogens is 2. The summed E-state index contributed by atoms with van der Waals surface area (Å²) in [6.07, 6.45) is 0.830. The van der Waals surface area contributed by atoms with E-state index < -0.39 is 21.8 Å². The fourth-order valence-corrected chi connectivity index (χ4v) is 6.10. The van der Waals surface area contributed by atoms with Crippen molar-refractivity contribution in [3.63, 3.8) is 0 Å². The molecule has 14 heteroatoms. The molecule has 2 aromatic carbocycles. The van der Waals surface area contributed by atoms with Crippen molar-refractivity contribution in [2.75, 3.05) is 44.1 Å². The highest BCUT2D eigenvalue weighted by molar-refractivity contribution is 7.92. The van der Waals surface area contributed by atoms with E-state index in [2.05, 4.69) is 39.6 Å². The van der Waals surface area contributed by atoms with Gasteiger partial charge in [0, 0.05) is 30.9 Å². The topological polar surface area (TPSA) is 117 Å². The van der Waals surface area contributed by atoms with Crippen molar-refractivity contribution in [1.82, 2.24) is 20.2 Å². The van der Waals surface area contributed by atoms with Crippen LogP contribution in [0.15, 0.2) is 42.6 Å². The number of nitrogens with one attached hydrogen (secondary N) is 2. The van der Waals surface area contributed by atoms with Gasteiger partial charge in [-0.15, -0.1) is 0 Å². The molecule has 1 fully saturated rings. The Morgan fingerprint density at radius 1 is 1.04 bits per heavy atom. The smallest absolute Gasteiger partial charge is 0.419 e. The van der Waals surface area contributed by atoms with Crippen LogP contribution in [0.25, 0.3) is 0 Å². The molecule has 1 aliphatic carbocycles. The molecule has 0 atom stereocenters. The third-order valence-corrected chi connectivity index (χ3v) is 9.55. The summed E-state index contributed by atoms with van der Waals surface area (Å²) < 4.78 is 72.9. The maximum atomic E-state index is 14.0. The first-order valence-electron chi connectivity index (χ1n) is 15.0. The van der Waals surface area contributed by atoms with E-state index in [0.717, 1.165) is 48.0 Å². The Kier molecular flexibility index (Phi) is 10.8. The zero-order valence-electron chi connectivity index (χ0n) is 26.9. The average molecular weight is 663 g/mol. The van der Waals surface area contributed by atoms with Crippen molar-refractivity contribution >= 4 is 33.3 Å². The Morgan fingerprint density at radius 3 is 2.35 bits per heavy atom. The van der Waals surface area contributed by atoms with E-state index in [1.54, 1.807) is 43.3 Å². The minimum atomic E-state index is -4.70. The third kappa shape index (κ3) is 8.66. The predicted molar refractivity (Wildman–Crippen MR) is 172 cm³/mol. The number of anilines is 3. The van der Waals surface area contributed by atoms with Gasteiger partial charge in [0.2, 0.25) is 16.0 Å². The second-order valence-electron chi connectivity index (χ2n) is 11.9. The van der Waals surface area contributed by atoms with E-state index in [-0.39, 0.29) is 36.4 Å². The zero-order valence-corrected chi connectivity index (χ0v) is 27.7. The summed E-state index contributed by atoms with van der Waals surface area (Å²) in [5, 5.41) is 6.01. The van der Waals surface area contributed by atoms with Crippen LogP contribution >= 0.6 is 0 Å². The van der Waals surface area contributed by atoms with Crippen molar-refractivity contribution in [2.24, 2.45) is 0 Å². The van der Waals surface area contributed by atoms with Crippen LogP contribution in [0.1, 0.15) is 58.4 Å². The quantitative estimate of drug-likeness (QED) is 0.283. The minimum absolute atomic E-state index is 0.0780. The summed E-state index contributed by atoms with van der Waals surface area (Å²) >= 11 is 0. The van der Waals surface area contributed by atoms with Crippen LogP contribution in [-0.4, -0.2) is 75.8 Å². The van der Waals surface area contributed by atoms with Gasteiger partial charge in [0.25, 0.3) is 5.91 Å². The van der Waals surface area contributed by atoms with Crippen LogP contribution in [0.2, 0.25) is 0 Å².